The van der Waals surface area contributed by atoms with Gasteiger partial charge in [-0.05, 0) is 163 Å². The van der Waals surface area contributed by atoms with Crippen LogP contribution in [0.4, 0.5) is 11.4 Å². The first-order chi connectivity index (χ1) is 22.7. The molecule has 240 valence electrons. The number of hydrogen-bond acceptors (Lipinski definition) is 6. The van der Waals surface area contributed by atoms with Crippen molar-refractivity contribution in [3.8, 4) is 34.5 Å². The summed E-state index contributed by atoms with van der Waals surface area (Å²) < 4.78 is 12.2. The molecule has 8 saturated carbocycles. The molecule has 4 aromatic carbocycles. The molecule has 8 fully saturated rings. The van der Waals surface area contributed by atoms with Crippen molar-refractivity contribution in [2.24, 2.45) is 40.9 Å². The van der Waals surface area contributed by atoms with Gasteiger partial charge in [0.25, 0.3) is 0 Å². The monoisotopic (exact) mass is 626 g/mol. The fourth-order valence-corrected chi connectivity index (χ4v) is 13.2. The summed E-state index contributed by atoms with van der Waals surface area (Å²) in [5.74, 6) is 8.02. The zero-order valence-electron chi connectivity index (χ0n) is 26.6. The number of phenolic OH excluding ortho intramolecular Hbond substituents is 2. The van der Waals surface area contributed by atoms with Crippen molar-refractivity contribution < 1.29 is 19.7 Å². The molecule has 0 aromatic heterocycles. The second kappa shape index (κ2) is 9.40. The Bertz CT molecular complexity index is 1740. The molecular weight excluding hydrogens is 584 g/mol. The van der Waals surface area contributed by atoms with E-state index in [1.54, 1.807) is 36.4 Å². The van der Waals surface area contributed by atoms with Crippen molar-refractivity contribution in [3.63, 3.8) is 0 Å². The van der Waals surface area contributed by atoms with Gasteiger partial charge >= 0.3 is 0 Å². The van der Waals surface area contributed by atoms with E-state index in [1.165, 1.54) is 62.5 Å². The maximum Gasteiger partial charge on any atom is 0.142 e. The average molecular weight is 627 g/mol. The van der Waals surface area contributed by atoms with Gasteiger partial charge in [0.2, 0.25) is 0 Å². The molecule has 0 aliphatic heterocycles. The first-order valence-electron chi connectivity index (χ1n) is 17.5. The molecule has 4 aromatic rings. The molecule has 47 heavy (non-hydrogen) atoms. The van der Waals surface area contributed by atoms with Crippen LogP contribution in [0.2, 0.25) is 0 Å². The van der Waals surface area contributed by atoms with Crippen LogP contribution in [0.5, 0.6) is 34.5 Å². The van der Waals surface area contributed by atoms with E-state index in [0.717, 1.165) is 47.0 Å². The summed E-state index contributed by atoms with van der Waals surface area (Å²) in [7, 11) is 0. The highest BCUT2D eigenvalue weighted by Gasteiger charge is 2.76. The van der Waals surface area contributed by atoms with Gasteiger partial charge in [0.1, 0.15) is 34.5 Å². The Morgan fingerprint density at radius 3 is 1.23 bits per heavy atom. The van der Waals surface area contributed by atoms with Crippen LogP contribution < -0.4 is 20.9 Å². The van der Waals surface area contributed by atoms with Gasteiger partial charge < -0.3 is 31.2 Å². The number of nitrogens with two attached hydrogens (primary N) is 2. The maximum atomic E-state index is 10.0. The number of rotatable bonds is 6. The molecule has 12 rings (SSSR count). The number of ether oxygens (including phenoxy) is 2. The summed E-state index contributed by atoms with van der Waals surface area (Å²) in [6, 6.07) is 27.9. The Morgan fingerprint density at radius 2 is 0.872 bits per heavy atom. The van der Waals surface area contributed by atoms with Crippen molar-refractivity contribution in [1.29, 1.82) is 0 Å². The maximum absolute atomic E-state index is 10.0. The molecule has 0 amide bonds. The first kappa shape index (κ1) is 27.8. The van der Waals surface area contributed by atoms with Gasteiger partial charge in [-0.25, -0.2) is 0 Å². The molecule has 4 atom stereocenters. The lowest BCUT2D eigenvalue weighted by molar-refractivity contribution is -0.288. The van der Waals surface area contributed by atoms with Crippen molar-refractivity contribution in [3.05, 3.63) is 96.1 Å². The number of aromatic hydroxyl groups is 2. The van der Waals surface area contributed by atoms with E-state index in [0.29, 0.717) is 28.3 Å². The highest BCUT2D eigenvalue weighted by molar-refractivity contribution is 5.56. The second-order valence-electron chi connectivity index (χ2n) is 16.2. The predicted molar refractivity (Wildman–Crippen MR) is 182 cm³/mol. The summed E-state index contributed by atoms with van der Waals surface area (Å²) >= 11 is 0. The van der Waals surface area contributed by atoms with Gasteiger partial charge in [0.05, 0.1) is 11.4 Å². The van der Waals surface area contributed by atoms with Gasteiger partial charge in [-0.3, -0.25) is 0 Å². The van der Waals surface area contributed by atoms with Crippen LogP contribution in [0, 0.1) is 40.9 Å². The van der Waals surface area contributed by atoms with Gasteiger partial charge in [0, 0.05) is 12.1 Å². The minimum absolute atomic E-state index is 0.0442. The number of benzene rings is 4. The molecule has 0 heterocycles. The minimum Gasteiger partial charge on any atom is -0.506 e. The van der Waals surface area contributed by atoms with E-state index in [9.17, 15) is 10.2 Å². The van der Waals surface area contributed by atoms with Crippen LogP contribution >= 0.6 is 0 Å². The molecule has 0 radical (unpaired) electrons. The summed E-state index contributed by atoms with van der Waals surface area (Å²) in [5.41, 5.74) is 16.2. The molecule has 1 spiro atoms. The Balaban J connectivity index is 0.946. The Kier molecular flexibility index (Phi) is 5.55. The van der Waals surface area contributed by atoms with E-state index < -0.39 is 0 Å². The number of nitrogen functional groups attached to an aromatic ring is 2. The third kappa shape index (κ3) is 3.90. The van der Waals surface area contributed by atoms with Crippen LogP contribution in [0.3, 0.4) is 0 Å². The van der Waals surface area contributed by atoms with E-state index >= 15 is 0 Å². The smallest absolute Gasteiger partial charge is 0.142 e. The van der Waals surface area contributed by atoms with Crippen LogP contribution in [0.1, 0.15) is 62.5 Å². The first-order valence-corrected chi connectivity index (χ1v) is 17.5. The van der Waals surface area contributed by atoms with Gasteiger partial charge in [-0.15, -0.1) is 0 Å². The van der Waals surface area contributed by atoms with Crippen molar-refractivity contribution >= 4 is 11.4 Å². The summed E-state index contributed by atoms with van der Waals surface area (Å²) in [6.07, 6.45) is 11.0. The number of anilines is 2. The van der Waals surface area contributed by atoms with Crippen molar-refractivity contribution in [2.45, 2.75) is 62.2 Å². The highest BCUT2D eigenvalue weighted by Crippen LogP contribution is 2.83. The zero-order valence-corrected chi connectivity index (χ0v) is 26.6. The summed E-state index contributed by atoms with van der Waals surface area (Å²) in [5, 5.41) is 20.1. The topological polar surface area (TPSA) is 111 Å². The van der Waals surface area contributed by atoms with Gasteiger partial charge in [0.15, 0.2) is 0 Å². The van der Waals surface area contributed by atoms with E-state index in [1.807, 2.05) is 0 Å². The molecule has 6 N–H and O–H groups in total. The molecule has 4 unspecified atom stereocenters. The van der Waals surface area contributed by atoms with Gasteiger partial charge in [-0.1, -0.05) is 24.3 Å². The lowest BCUT2D eigenvalue weighted by Gasteiger charge is -2.80. The summed E-state index contributed by atoms with van der Waals surface area (Å²) in [4.78, 5) is 0. The lowest BCUT2D eigenvalue weighted by atomic mass is 9.24. The molecule has 6 heteroatoms. The van der Waals surface area contributed by atoms with Crippen LogP contribution in [0.25, 0.3) is 0 Å². The quantitative estimate of drug-likeness (QED) is 0.126. The zero-order chi connectivity index (χ0) is 31.7. The highest BCUT2D eigenvalue weighted by atomic mass is 16.5. The number of hydrogen-bond donors (Lipinski definition) is 4. The number of phenols is 2. The third-order valence-electron chi connectivity index (χ3n) is 13.9. The lowest BCUT2D eigenvalue weighted by Crippen LogP contribution is -2.74. The normalized spacial score (nSPS) is 36.9. The fraction of sp³-hybridized carbons (Fsp3) is 0.415. The Hall–Kier alpha value is -4.32. The molecule has 8 aliphatic carbocycles. The Labute approximate surface area is 275 Å². The van der Waals surface area contributed by atoms with Crippen LogP contribution in [-0.2, 0) is 10.8 Å². The van der Waals surface area contributed by atoms with Crippen LogP contribution in [-0.4, -0.2) is 10.2 Å². The molecule has 0 saturated heterocycles. The minimum atomic E-state index is 0.0442. The standard InChI is InChI=1S/C41H42N2O4/c42-33-11-9-31(15-35(33)44)46-29-5-1-27(2-6-29)39-17-23-13-24(18-39)38-26-14-25-19-40(20-26,22-41(38,21-39)37(23)25)28-3-7-30(8-4-28)47-32-10-12-34(43)36(45)16-32/h1-12,15-16,23-26,37-38,44-45H,13-14,17-22,42-43H2. The van der Waals surface area contributed by atoms with Crippen LogP contribution in [0.15, 0.2) is 84.9 Å². The third-order valence-corrected chi connectivity index (χ3v) is 13.9. The van der Waals surface area contributed by atoms with E-state index in [-0.39, 0.29) is 22.3 Å². The SMILES string of the molecule is Nc1ccc(Oc2ccc(C34CC5CC(C3)C3C6CC7CC(c8ccc(Oc9ccc(N)c(O)c9)cc8)(C6)CC3(C4)C57)cc2)cc1O. The molecule has 8 aliphatic rings. The largest absolute Gasteiger partial charge is 0.506 e. The second-order valence-corrected chi connectivity index (χ2v) is 16.2. The molecule has 9 bridgehead atoms. The van der Waals surface area contributed by atoms with Crippen molar-refractivity contribution in [1.82, 2.24) is 0 Å². The summed E-state index contributed by atoms with van der Waals surface area (Å²) in [6.45, 7) is 0. The fourth-order valence-electron chi connectivity index (χ4n) is 13.2. The van der Waals surface area contributed by atoms with E-state index in [4.69, 9.17) is 20.9 Å². The molecule has 6 nitrogen and oxygen atoms in total. The average Bonchev–Trinajstić information content (AvgIpc) is 3.04. The predicted octanol–water partition coefficient (Wildman–Crippen LogP) is 8.91. The van der Waals surface area contributed by atoms with Gasteiger partial charge in [-0.2, -0.15) is 0 Å². The van der Waals surface area contributed by atoms with Crippen molar-refractivity contribution in [2.75, 3.05) is 11.5 Å². The van der Waals surface area contributed by atoms with E-state index in [2.05, 4.69) is 48.5 Å². The Morgan fingerprint density at radius 1 is 0.511 bits per heavy atom. The molecular formula is C41H42N2O4.